The third kappa shape index (κ3) is 10.7. The van der Waals surface area contributed by atoms with Crippen LogP contribution in [0.25, 0.3) is 44.6 Å². The molecule has 0 unspecified atom stereocenters. The fourth-order valence-electron chi connectivity index (χ4n) is 7.70. The van der Waals surface area contributed by atoms with E-state index in [4.69, 9.17) is 19.4 Å². The van der Waals surface area contributed by atoms with E-state index in [1.54, 1.807) is 6.07 Å². The van der Waals surface area contributed by atoms with E-state index in [1.165, 1.54) is 16.7 Å². The number of nitrogens with one attached hydrogen (secondary N) is 2. The quantitative estimate of drug-likeness (QED) is 0.0259. The Morgan fingerprint density at radius 2 is 1.68 bits per heavy atom. The van der Waals surface area contributed by atoms with Gasteiger partial charge in [0.15, 0.2) is 23.2 Å². The van der Waals surface area contributed by atoms with Gasteiger partial charge in [-0.2, -0.15) is 0 Å². The maximum atomic E-state index is 13.6. The molecule has 1 saturated heterocycles. The molecule has 4 heterocycles. The van der Waals surface area contributed by atoms with Gasteiger partial charge in [-0.05, 0) is 54.8 Å². The van der Waals surface area contributed by atoms with Gasteiger partial charge in [0, 0.05) is 67.1 Å². The molecule has 0 saturated carbocycles. The number of fused-ring (bicyclic) bond motifs is 3. The average molecular weight is 955 g/mol. The number of phosphoric acid groups is 2. The Morgan fingerprint density at radius 3 is 2.36 bits per heavy atom. The lowest BCUT2D eigenvalue weighted by molar-refractivity contribution is -0.0489. The number of imidazole rings is 1. The predicted molar refractivity (Wildman–Crippen MR) is 241 cm³/mol. The molecule has 23 nitrogen and oxygen atoms in total. The molecule has 0 spiro atoms. The van der Waals surface area contributed by atoms with Gasteiger partial charge in [0.1, 0.15) is 50.1 Å². The number of hydrogen-bond acceptors (Lipinski definition) is 15. The van der Waals surface area contributed by atoms with E-state index in [0.717, 1.165) is 17.4 Å². The van der Waals surface area contributed by atoms with Gasteiger partial charge in [0.05, 0.1) is 18.2 Å². The summed E-state index contributed by atoms with van der Waals surface area (Å²) >= 11 is 0. The lowest BCUT2D eigenvalue weighted by Crippen LogP contribution is -2.35. The number of nitrogens with two attached hydrogens (primary N) is 1. The first kappa shape index (κ1) is 48.1. The molecule has 1 fully saturated rings. The first-order valence-electron chi connectivity index (χ1n) is 20.5. The second kappa shape index (κ2) is 19.6. The van der Waals surface area contributed by atoms with Crippen molar-refractivity contribution in [2.75, 3.05) is 63.8 Å². The number of hydrogen-bond donors (Lipinski definition) is 9. The van der Waals surface area contributed by atoms with Gasteiger partial charge >= 0.3 is 21.6 Å². The summed E-state index contributed by atoms with van der Waals surface area (Å²) in [5.74, 6) is -0.980. The second-order valence-electron chi connectivity index (χ2n) is 15.9. The highest BCUT2D eigenvalue weighted by Crippen LogP contribution is 2.47. The highest BCUT2D eigenvalue weighted by Gasteiger charge is 2.50. The number of amides is 1. The number of aliphatic hydroxyl groups excluding tert-OH is 1. The van der Waals surface area contributed by atoms with Crippen LogP contribution in [0, 0.1) is 0 Å². The second-order valence-corrected chi connectivity index (χ2v) is 18.4. The van der Waals surface area contributed by atoms with E-state index in [1.807, 2.05) is 74.1 Å². The molecule has 4 atom stereocenters. The Kier molecular flexibility index (Phi) is 14.3. The summed E-state index contributed by atoms with van der Waals surface area (Å²) in [4.78, 5) is 78.5. The first-order valence-corrected chi connectivity index (χ1v) is 23.6. The van der Waals surface area contributed by atoms with E-state index >= 15 is 0 Å². The molecular weight excluding hydrogens is 904 g/mol. The molecular formula is C41H50N9O14P2+. The Labute approximate surface area is 376 Å². The summed E-state index contributed by atoms with van der Waals surface area (Å²) in [5, 5.41) is 28.9. The van der Waals surface area contributed by atoms with E-state index in [9.17, 15) is 48.5 Å². The number of anilines is 3. The minimum Gasteiger partial charge on any atom is -0.478 e. The van der Waals surface area contributed by atoms with Crippen molar-refractivity contribution in [2.45, 2.75) is 50.2 Å². The predicted octanol–water partition coefficient (Wildman–Crippen LogP) is 2.97. The maximum absolute atomic E-state index is 13.6. The van der Waals surface area contributed by atoms with Crippen LogP contribution in [0.2, 0.25) is 0 Å². The van der Waals surface area contributed by atoms with Crippen LogP contribution in [0.15, 0.2) is 65.3 Å². The molecule has 10 N–H and O–H groups in total. The standard InChI is InChI=1S/C41H49N9O14P2/c1-48(2)23-10-13-26-29(18-23)62-30-19-24(49(3)4)11-14-27(30)32(26)28-17-22(9-12-25(28)40(53)54)38(52)43-15-7-5-6-8-16-44-41-47-33-36(42)45-21-46-37(33)50(41)39-35(64-66(58,59)60)34(51)31(63-39)20-61-65(55,56)57/h9-14,17-19,21,31,34-35,39,51H,5-8,15-16,20H2,1-4H3,(H8-,42,43,44,45,46,47,52,53,54,55,56,57,58,59,60)/p+1/t31-,34-,35-,39-/m1/s1. The first-order chi connectivity index (χ1) is 31.2. The van der Waals surface area contributed by atoms with Crippen molar-refractivity contribution in [2.24, 2.45) is 0 Å². The molecule has 2 aliphatic heterocycles. The zero-order valence-corrected chi connectivity index (χ0v) is 37.9. The number of carboxylic acids is 1. The molecule has 7 rings (SSSR count). The zero-order chi connectivity index (χ0) is 47.7. The van der Waals surface area contributed by atoms with Gasteiger partial charge in [0.2, 0.25) is 11.3 Å². The van der Waals surface area contributed by atoms with Gasteiger partial charge in [-0.25, -0.2) is 33.5 Å². The molecule has 2 aromatic heterocycles. The molecule has 0 bridgehead atoms. The molecule has 2 aromatic carbocycles. The van der Waals surface area contributed by atoms with Crippen LogP contribution >= 0.6 is 15.6 Å². The monoisotopic (exact) mass is 954 g/mol. The van der Waals surface area contributed by atoms with E-state index in [0.29, 0.717) is 72.2 Å². The molecule has 1 aliphatic carbocycles. The zero-order valence-electron chi connectivity index (χ0n) is 36.1. The number of carbonyl (C=O) groups excluding carboxylic acids is 1. The number of aromatic carboxylic acids is 1. The normalized spacial score (nSPS) is 17.7. The third-order valence-corrected chi connectivity index (χ3v) is 11.9. The summed E-state index contributed by atoms with van der Waals surface area (Å²) in [5.41, 5.74) is 9.57. The number of rotatable bonds is 18. The van der Waals surface area contributed by atoms with Crippen molar-refractivity contribution in [3.63, 3.8) is 0 Å². The fourth-order valence-corrected chi connectivity index (χ4v) is 8.59. The molecule has 0 radical (unpaired) electrons. The minimum atomic E-state index is -5.26. The van der Waals surface area contributed by atoms with Crippen molar-refractivity contribution in [1.29, 1.82) is 0 Å². The molecule has 66 heavy (non-hydrogen) atoms. The highest BCUT2D eigenvalue weighted by atomic mass is 31.2. The summed E-state index contributed by atoms with van der Waals surface area (Å²) in [6, 6.07) is 15.9. The Bertz CT molecular complexity index is 2930. The van der Waals surface area contributed by atoms with Crippen LogP contribution in [-0.2, 0) is 22.9 Å². The number of ether oxygens (including phenoxy) is 1. The van der Waals surface area contributed by atoms with Crippen LogP contribution in [0.4, 0.5) is 17.5 Å². The maximum Gasteiger partial charge on any atom is 0.470 e. The largest absolute Gasteiger partial charge is 0.478 e. The van der Waals surface area contributed by atoms with Crippen molar-refractivity contribution in [1.82, 2.24) is 29.4 Å². The molecule has 25 heteroatoms. The lowest BCUT2D eigenvalue weighted by atomic mass is 9.89. The number of phosphoric ester groups is 2. The van der Waals surface area contributed by atoms with Gasteiger partial charge in [-0.1, -0.05) is 12.8 Å². The van der Waals surface area contributed by atoms with E-state index < -0.39 is 52.8 Å². The van der Waals surface area contributed by atoms with Crippen molar-refractivity contribution in [3.05, 3.63) is 77.4 Å². The number of unbranched alkanes of at least 4 members (excludes halogenated alkanes) is 3. The summed E-state index contributed by atoms with van der Waals surface area (Å²) in [7, 11) is -2.64. The van der Waals surface area contributed by atoms with Gasteiger partial charge in [-0.15, -0.1) is 0 Å². The fraction of sp³-hybridized carbons (Fsp3) is 0.366. The highest BCUT2D eigenvalue weighted by molar-refractivity contribution is 7.46. The van der Waals surface area contributed by atoms with Crippen LogP contribution < -0.4 is 31.2 Å². The topological polar surface area (TPSA) is 330 Å². The number of aliphatic hydroxyl groups is 1. The molecule has 4 aromatic rings. The summed E-state index contributed by atoms with van der Waals surface area (Å²) in [6.45, 7) is -0.236. The number of nitrogen functional groups attached to an aromatic ring is 1. The number of carbonyl (C=O) groups is 2. The average Bonchev–Trinajstić information content (AvgIpc) is 3.77. The summed E-state index contributed by atoms with van der Waals surface area (Å²) in [6.07, 6.45) is -3.02. The Hall–Kier alpha value is -5.84. The number of carboxylic acid groups (broad SMARTS) is 1. The van der Waals surface area contributed by atoms with Crippen LogP contribution in [0.3, 0.4) is 0 Å². The molecule has 1 amide bonds. The van der Waals surface area contributed by atoms with Crippen molar-refractivity contribution < 1.29 is 66.7 Å². The molecule has 352 valence electrons. The number of aromatic nitrogens is 4. The van der Waals surface area contributed by atoms with Crippen LogP contribution in [0.5, 0.6) is 0 Å². The third-order valence-electron chi connectivity index (χ3n) is 10.9. The lowest BCUT2D eigenvalue weighted by Gasteiger charge is -2.23. The van der Waals surface area contributed by atoms with Crippen molar-refractivity contribution in [3.8, 4) is 22.5 Å². The van der Waals surface area contributed by atoms with Crippen LogP contribution in [-0.4, -0.2) is 127 Å². The van der Waals surface area contributed by atoms with Crippen LogP contribution in [0.1, 0.15) is 52.6 Å². The Morgan fingerprint density at radius 1 is 0.939 bits per heavy atom. The van der Waals surface area contributed by atoms with Crippen molar-refractivity contribution >= 4 is 67.1 Å². The Balaban J connectivity index is 1.02. The summed E-state index contributed by atoms with van der Waals surface area (Å²) < 4.78 is 48.1. The van der Waals surface area contributed by atoms with Gasteiger partial charge in [-0.3, -0.25) is 18.4 Å². The number of nitrogens with zero attached hydrogens (tertiary/aromatic N) is 6. The smallest absolute Gasteiger partial charge is 0.470 e. The molecule has 3 aliphatic rings. The minimum absolute atomic E-state index is 0.0221. The van der Waals surface area contributed by atoms with Gasteiger partial charge in [0.25, 0.3) is 5.91 Å². The SMILES string of the molecule is CN(C)c1ccc2c(-c3cc(C(=O)NCCCCCCNc4nc5c(N)ncnc5n4[C@@H]4O[C@H](COP(=O)(O)O)[C@@H](O)[C@H]4OP(=O)(O)O)ccc3C(=O)O)c3ccc(=[N+](C)C)cc-3oc2c1. The van der Waals surface area contributed by atoms with E-state index in [-0.39, 0.29) is 40.0 Å². The van der Waals surface area contributed by atoms with E-state index in [2.05, 4.69) is 30.1 Å². The number of benzene rings is 3. The van der Waals surface area contributed by atoms with Gasteiger partial charge < -0.3 is 60.2 Å².